The predicted molar refractivity (Wildman–Crippen MR) is 91.7 cm³/mol. The van der Waals surface area contributed by atoms with Gasteiger partial charge in [-0.15, -0.1) is 0 Å². The topological polar surface area (TPSA) is 81.4 Å². The van der Waals surface area contributed by atoms with Gasteiger partial charge in [-0.25, -0.2) is 8.42 Å². The summed E-state index contributed by atoms with van der Waals surface area (Å²) in [6.07, 6.45) is -0.936. The van der Waals surface area contributed by atoms with Gasteiger partial charge in [0.05, 0.1) is 16.6 Å². The summed E-state index contributed by atoms with van der Waals surface area (Å²) < 4.78 is 26.8. The minimum absolute atomic E-state index is 0.0366. The summed E-state index contributed by atoms with van der Waals surface area (Å²) in [5.41, 5.74) is 1.82. The molecule has 0 heterocycles. The quantitative estimate of drug-likeness (QED) is 0.873. The molecule has 0 aromatic heterocycles. The van der Waals surface area contributed by atoms with E-state index < -0.39 is 16.1 Å². The second-order valence-corrected chi connectivity index (χ2v) is 7.40. The van der Waals surface area contributed by atoms with Crippen LogP contribution >= 0.6 is 0 Å². The van der Waals surface area contributed by atoms with Gasteiger partial charge in [-0.2, -0.15) is 9.57 Å². The van der Waals surface area contributed by atoms with E-state index in [0.29, 0.717) is 5.56 Å². The molecule has 1 N–H and O–H groups in total. The maximum absolute atomic E-state index is 12.8. The first-order valence-electron chi connectivity index (χ1n) is 7.64. The highest BCUT2D eigenvalue weighted by atomic mass is 32.2. The van der Waals surface area contributed by atoms with E-state index in [4.69, 9.17) is 5.26 Å². The molecule has 0 aliphatic rings. The molecule has 126 valence electrons. The monoisotopic (exact) mass is 344 g/mol. The molecule has 2 aromatic carbocycles. The van der Waals surface area contributed by atoms with Gasteiger partial charge < -0.3 is 5.11 Å². The number of hydrogen-bond donors (Lipinski definition) is 1. The van der Waals surface area contributed by atoms with Crippen LogP contribution in [0.2, 0.25) is 0 Å². The first kappa shape index (κ1) is 18.1. The third kappa shape index (κ3) is 3.82. The normalized spacial score (nSPS) is 12.8. The minimum Gasteiger partial charge on any atom is -0.387 e. The Morgan fingerprint density at radius 3 is 2.38 bits per heavy atom. The first-order chi connectivity index (χ1) is 11.4. The Labute approximate surface area is 142 Å². The molecular formula is C18H20N2O3S. The lowest BCUT2D eigenvalue weighted by atomic mass is 10.1. The molecule has 0 saturated heterocycles. The highest BCUT2D eigenvalue weighted by Gasteiger charge is 2.27. The number of benzene rings is 2. The van der Waals surface area contributed by atoms with Gasteiger partial charge in [0.1, 0.15) is 6.07 Å². The molecule has 5 nitrogen and oxygen atoms in total. The van der Waals surface area contributed by atoms with Crippen molar-refractivity contribution in [2.45, 2.75) is 24.8 Å². The van der Waals surface area contributed by atoms with Gasteiger partial charge in [-0.3, -0.25) is 0 Å². The van der Waals surface area contributed by atoms with Crippen molar-refractivity contribution in [1.29, 1.82) is 5.26 Å². The molecule has 0 radical (unpaired) electrons. The lowest BCUT2D eigenvalue weighted by Gasteiger charge is -2.24. The second kappa shape index (κ2) is 7.58. The maximum Gasteiger partial charge on any atom is 0.244 e. The molecule has 6 heteroatoms. The Bertz CT molecular complexity index is 839. The van der Waals surface area contributed by atoms with Gasteiger partial charge in [0, 0.05) is 13.1 Å². The lowest BCUT2D eigenvalue weighted by Crippen LogP contribution is -2.35. The molecule has 0 bridgehead atoms. The van der Waals surface area contributed by atoms with E-state index in [1.165, 1.54) is 16.4 Å². The zero-order valence-corrected chi connectivity index (χ0v) is 14.5. The second-order valence-electron chi connectivity index (χ2n) is 5.49. The van der Waals surface area contributed by atoms with Crippen LogP contribution in [0.15, 0.2) is 53.4 Å². The van der Waals surface area contributed by atoms with Crippen molar-refractivity contribution in [3.63, 3.8) is 0 Å². The molecule has 1 atom stereocenters. The molecule has 0 aliphatic carbocycles. The first-order valence-corrected chi connectivity index (χ1v) is 9.08. The van der Waals surface area contributed by atoms with Gasteiger partial charge in [0.25, 0.3) is 0 Å². The third-order valence-corrected chi connectivity index (χ3v) is 5.82. The molecule has 1 unspecified atom stereocenters. The van der Waals surface area contributed by atoms with Crippen molar-refractivity contribution >= 4 is 10.0 Å². The summed E-state index contributed by atoms with van der Waals surface area (Å²) >= 11 is 0. The SMILES string of the molecule is CCN(CC(O)c1ccc(C)cc1)S(=O)(=O)c1ccccc1C#N. The van der Waals surface area contributed by atoms with Crippen molar-refractivity contribution in [2.75, 3.05) is 13.1 Å². The molecule has 0 fully saturated rings. The van der Waals surface area contributed by atoms with Crippen LogP contribution in [0.5, 0.6) is 0 Å². The summed E-state index contributed by atoms with van der Waals surface area (Å²) in [5, 5.41) is 19.5. The summed E-state index contributed by atoms with van der Waals surface area (Å²) in [7, 11) is -3.85. The van der Waals surface area contributed by atoms with Crippen LogP contribution in [0, 0.1) is 18.3 Å². The van der Waals surface area contributed by atoms with Gasteiger partial charge in [0.15, 0.2) is 0 Å². The fourth-order valence-electron chi connectivity index (χ4n) is 2.41. The predicted octanol–water partition coefficient (Wildman–Crippen LogP) is 2.61. The Morgan fingerprint density at radius 2 is 1.79 bits per heavy atom. The van der Waals surface area contributed by atoms with E-state index in [0.717, 1.165) is 5.56 Å². The summed E-state index contributed by atoms with van der Waals surface area (Å²) in [6, 6.07) is 15.3. The van der Waals surface area contributed by atoms with E-state index in [2.05, 4.69) is 0 Å². The van der Waals surface area contributed by atoms with Crippen molar-refractivity contribution < 1.29 is 13.5 Å². The summed E-state index contributed by atoms with van der Waals surface area (Å²) in [4.78, 5) is -0.0366. The van der Waals surface area contributed by atoms with Gasteiger partial charge in [-0.1, -0.05) is 48.9 Å². The Kier molecular flexibility index (Phi) is 5.73. The molecule has 24 heavy (non-hydrogen) atoms. The average molecular weight is 344 g/mol. The van der Waals surface area contributed by atoms with E-state index in [1.807, 2.05) is 25.1 Å². The van der Waals surface area contributed by atoms with Crippen LogP contribution in [-0.2, 0) is 10.0 Å². The van der Waals surface area contributed by atoms with Crippen LogP contribution in [0.3, 0.4) is 0 Å². The standard InChI is InChI=1S/C18H20N2O3S/c1-3-20(13-17(21)15-10-8-14(2)9-11-15)24(22,23)18-7-5-4-6-16(18)12-19/h4-11,17,21H,3,13H2,1-2H3. The van der Waals surface area contributed by atoms with Crippen LogP contribution in [0.4, 0.5) is 0 Å². The molecular weight excluding hydrogens is 324 g/mol. The van der Waals surface area contributed by atoms with Gasteiger partial charge >= 0.3 is 0 Å². The number of aryl methyl sites for hydroxylation is 1. The molecule has 2 rings (SSSR count). The van der Waals surface area contributed by atoms with E-state index in [9.17, 15) is 13.5 Å². The average Bonchev–Trinajstić information content (AvgIpc) is 2.59. The zero-order valence-electron chi connectivity index (χ0n) is 13.7. The van der Waals surface area contributed by atoms with E-state index in [-0.39, 0.29) is 23.5 Å². The number of nitrogens with zero attached hydrogens (tertiary/aromatic N) is 2. The van der Waals surface area contributed by atoms with Gasteiger partial charge in [0.2, 0.25) is 10.0 Å². The Balaban J connectivity index is 2.30. The fourth-order valence-corrected chi connectivity index (χ4v) is 4.00. The molecule has 2 aromatic rings. The van der Waals surface area contributed by atoms with Crippen molar-refractivity contribution in [3.05, 3.63) is 65.2 Å². The number of aliphatic hydroxyl groups excluding tert-OH is 1. The molecule has 0 aliphatic heterocycles. The molecule has 0 amide bonds. The van der Waals surface area contributed by atoms with Gasteiger partial charge in [-0.05, 0) is 24.6 Å². The van der Waals surface area contributed by atoms with Crippen molar-refractivity contribution in [1.82, 2.24) is 4.31 Å². The smallest absolute Gasteiger partial charge is 0.244 e. The van der Waals surface area contributed by atoms with E-state index in [1.54, 1.807) is 31.2 Å². The molecule has 0 saturated carbocycles. The van der Waals surface area contributed by atoms with Crippen LogP contribution < -0.4 is 0 Å². The number of sulfonamides is 1. The number of nitriles is 1. The zero-order chi connectivity index (χ0) is 17.7. The fraction of sp³-hybridized carbons (Fsp3) is 0.278. The number of hydrogen-bond acceptors (Lipinski definition) is 4. The largest absolute Gasteiger partial charge is 0.387 e. The van der Waals surface area contributed by atoms with Crippen LogP contribution in [-0.4, -0.2) is 30.9 Å². The highest BCUT2D eigenvalue weighted by molar-refractivity contribution is 7.89. The summed E-state index contributed by atoms with van der Waals surface area (Å²) in [6.45, 7) is 3.78. The van der Waals surface area contributed by atoms with Crippen molar-refractivity contribution in [3.8, 4) is 6.07 Å². The number of rotatable bonds is 6. The summed E-state index contributed by atoms with van der Waals surface area (Å²) in [5.74, 6) is 0. The third-order valence-electron chi connectivity index (χ3n) is 3.82. The Hall–Kier alpha value is -2.20. The number of aliphatic hydroxyl groups is 1. The maximum atomic E-state index is 12.8. The van der Waals surface area contributed by atoms with Crippen LogP contribution in [0.25, 0.3) is 0 Å². The highest BCUT2D eigenvalue weighted by Crippen LogP contribution is 2.23. The lowest BCUT2D eigenvalue weighted by molar-refractivity contribution is 0.149. The van der Waals surface area contributed by atoms with E-state index >= 15 is 0 Å². The van der Waals surface area contributed by atoms with Crippen molar-refractivity contribution in [2.24, 2.45) is 0 Å². The Morgan fingerprint density at radius 1 is 1.17 bits per heavy atom. The minimum atomic E-state index is -3.85. The number of likely N-dealkylation sites (N-methyl/N-ethyl adjacent to an activating group) is 1. The molecule has 0 spiro atoms. The van der Waals surface area contributed by atoms with Crippen LogP contribution in [0.1, 0.15) is 29.7 Å².